The Balaban J connectivity index is 1.67. The van der Waals surface area contributed by atoms with Crippen molar-refractivity contribution in [1.29, 1.82) is 0 Å². The molecule has 4 nitrogen and oxygen atoms in total. The largest absolute Gasteiger partial charge is 0.374 e. The first-order valence-electron chi connectivity index (χ1n) is 9.33. The number of aromatic nitrogens is 1. The maximum absolute atomic E-state index is 5.95. The molecule has 0 unspecified atom stereocenters. The van der Waals surface area contributed by atoms with E-state index < -0.39 is 0 Å². The minimum absolute atomic E-state index is 0.118. The smallest absolute Gasteiger partial charge is 0.0858 e. The number of benzene rings is 1. The predicted octanol–water partition coefficient (Wildman–Crippen LogP) is 4.39. The Morgan fingerprint density at radius 1 is 1.28 bits per heavy atom. The summed E-state index contributed by atoms with van der Waals surface area (Å²) in [6.07, 6.45) is 3.10. The lowest BCUT2D eigenvalue weighted by Gasteiger charge is -2.27. The summed E-state index contributed by atoms with van der Waals surface area (Å²) in [5.74, 6) is 0.465. The maximum Gasteiger partial charge on any atom is 0.0858 e. The van der Waals surface area contributed by atoms with Crippen LogP contribution in [-0.4, -0.2) is 41.0 Å². The highest BCUT2D eigenvalue weighted by Gasteiger charge is 2.20. The molecule has 1 aliphatic heterocycles. The molecule has 1 aromatic carbocycles. The van der Waals surface area contributed by atoms with Crippen molar-refractivity contribution in [1.82, 2.24) is 9.88 Å². The minimum atomic E-state index is -0.118. The van der Waals surface area contributed by atoms with E-state index in [1.165, 1.54) is 22.2 Å². The standard InChI is InChI=1S/C21H31N3O/c1-15(2)20(13-25-21(3,4)5)22-14-24-11-10-17-16-8-6-7-9-18(16)23-19(17)12-24/h6-9,14-15,20,23H,10-13H2,1-5H3/t20-/m1/s1. The Bertz CT molecular complexity index is 739. The average Bonchev–Trinajstić information content (AvgIpc) is 2.91. The molecule has 2 aromatic rings. The molecule has 1 atom stereocenters. The number of ether oxygens (including phenoxy) is 1. The lowest BCUT2D eigenvalue weighted by molar-refractivity contribution is -0.0145. The summed E-state index contributed by atoms with van der Waals surface area (Å²) in [4.78, 5) is 10.7. The van der Waals surface area contributed by atoms with Gasteiger partial charge in [0.15, 0.2) is 0 Å². The number of H-pyrrole nitrogens is 1. The summed E-state index contributed by atoms with van der Waals surface area (Å²) in [5, 5.41) is 1.37. The van der Waals surface area contributed by atoms with Gasteiger partial charge in [-0.15, -0.1) is 0 Å². The average molecular weight is 341 g/mol. The Morgan fingerprint density at radius 3 is 2.76 bits per heavy atom. The molecule has 0 saturated heterocycles. The lowest BCUT2D eigenvalue weighted by atomic mass is 10.0. The molecule has 2 heterocycles. The van der Waals surface area contributed by atoms with E-state index in [0.717, 1.165) is 19.5 Å². The van der Waals surface area contributed by atoms with Crippen LogP contribution < -0.4 is 0 Å². The maximum atomic E-state index is 5.95. The van der Waals surface area contributed by atoms with E-state index >= 15 is 0 Å². The number of para-hydroxylation sites is 1. The highest BCUT2D eigenvalue weighted by atomic mass is 16.5. The second kappa shape index (κ2) is 7.20. The van der Waals surface area contributed by atoms with Gasteiger partial charge in [-0.3, -0.25) is 4.99 Å². The first kappa shape index (κ1) is 18.0. The normalized spacial score (nSPS) is 16.8. The number of nitrogens with one attached hydrogen (secondary N) is 1. The summed E-state index contributed by atoms with van der Waals surface area (Å²) in [6.45, 7) is 13.3. The molecule has 1 aliphatic rings. The molecule has 25 heavy (non-hydrogen) atoms. The fraction of sp³-hybridized carbons (Fsp3) is 0.571. The van der Waals surface area contributed by atoms with Crippen molar-refractivity contribution in [2.24, 2.45) is 10.9 Å². The van der Waals surface area contributed by atoms with E-state index in [1.807, 2.05) is 6.34 Å². The first-order chi connectivity index (χ1) is 11.8. The Morgan fingerprint density at radius 2 is 2.04 bits per heavy atom. The Kier molecular flexibility index (Phi) is 5.19. The molecule has 3 rings (SSSR count). The van der Waals surface area contributed by atoms with E-state index in [0.29, 0.717) is 12.5 Å². The number of fused-ring (bicyclic) bond motifs is 3. The third-order valence-corrected chi connectivity index (χ3v) is 4.79. The van der Waals surface area contributed by atoms with Crippen molar-refractivity contribution in [2.75, 3.05) is 13.2 Å². The SMILES string of the molecule is CC(C)[C@@H](COC(C)(C)C)N=CN1CCc2c([nH]c3ccccc23)C1. The van der Waals surface area contributed by atoms with Gasteiger partial charge in [-0.05, 0) is 44.7 Å². The van der Waals surface area contributed by atoms with Gasteiger partial charge in [-0.2, -0.15) is 0 Å². The van der Waals surface area contributed by atoms with Gasteiger partial charge in [0.1, 0.15) is 0 Å². The van der Waals surface area contributed by atoms with Crippen molar-refractivity contribution in [3.63, 3.8) is 0 Å². The Hall–Kier alpha value is -1.81. The fourth-order valence-corrected chi connectivity index (χ4v) is 3.24. The van der Waals surface area contributed by atoms with E-state index in [2.05, 4.69) is 68.8 Å². The van der Waals surface area contributed by atoms with Crippen LogP contribution in [0.5, 0.6) is 0 Å². The van der Waals surface area contributed by atoms with E-state index in [-0.39, 0.29) is 11.6 Å². The van der Waals surface area contributed by atoms with Crippen molar-refractivity contribution >= 4 is 17.2 Å². The second-order valence-corrected chi connectivity index (χ2v) is 8.35. The zero-order chi connectivity index (χ0) is 18.0. The summed E-state index contributed by atoms with van der Waals surface area (Å²) < 4.78 is 5.95. The summed E-state index contributed by atoms with van der Waals surface area (Å²) in [7, 11) is 0. The van der Waals surface area contributed by atoms with Gasteiger partial charge in [0, 0.05) is 23.1 Å². The quantitative estimate of drug-likeness (QED) is 0.647. The topological polar surface area (TPSA) is 40.6 Å². The van der Waals surface area contributed by atoms with Gasteiger partial charge in [-0.25, -0.2) is 0 Å². The molecular weight excluding hydrogens is 310 g/mol. The Labute approximate surface area is 151 Å². The molecule has 0 bridgehead atoms. The molecule has 0 spiro atoms. The number of aromatic amines is 1. The highest BCUT2D eigenvalue weighted by Crippen LogP contribution is 2.27. The van der Waals surface area contributed by atoms with Crippen molar-refractivity contribution in [3.05, 3.63) is 35.5 Å². The number of hydrogen-bond acceptors (Lipinski definition) is 2. The van der Waals surface area contributed by atoms with Crippen LogP contribution in [0, 0.1) is 5.92 Å². The molecule has 1 N–H and O–H groups in total. The predicted molar refractivity (Wildman–Crippen MR) is 105 cm³/mol. The van der Waals surface area contributed by atoms with E-state index in [4.69, 9.17) is 9.73 Å². The van der Waals surface area contributed by atoms with Crippen LogP contribution >= 0.6 is 0 Å². The van der Waals surface area contributed by atoms with Gasteiger partial charge < -0.3 is 14.6 Å². The van der Waals surface area contributed by atoms with Crippen LogP contribution in [0.3, 0.4) is 0 Å². The molecule has 0 amide bonds. The van der Waals surface area contributed by atoms with Crippen molar-refractivity contribution in [2.45, 2.75) is 59.2 Å². The van der Waals surface area contributed by atoms with Gasteiger partial charge in [0.05, 0.1) is 31.1 Å². The molecule has 136 valence electrons. The van der Waals surface area contributed by atoms with Crippen molar-refractivity contribution in [3.8, 4) is 0 Å². The number of hydrogen-bond donors (Lipinski definition) is 1. The molecule has 4 heteroatoms. The molecular formula is C21H31N3O. The molecule has 0 saturated carbocycles. The number of rotatable bonds is 5. The second-order valence-electron chi connectivity index (χ2n) is 8.35. The zero-order valence-electron chi connectivity index (χ0n) is 16.2. The van der Waals surface area contributed by atoms with Crippen LogP contribution in [0.4, 0.5) is 0 Å². The van der Waals surface area contributed by atoms with Crippen LogP contribution in [0.2, 0.25) is 0 Å². The molecule has 1 aromatic heterocycles. The number of nitrogens with zero attached hydrogens (tertiary/aromatic N) is 2. The summed E-state index contributed by atoms with van der Waals surface area (Å²) in [5.41, 5.74) is 3.92. The van der Waals surface area contributed by atoms with Gasteiger partial charge in [0.2, 0.25) is 0 Å². The van der Waals surface area contributed by atoms with Gasteiger partial charge in [-0.1, -0.05) is 32.0 Å². The number of aliphatic imine (C=N–C) groups is 1. The third kappa shape index (κ3) is 4.43. The van der Waals surface area contributed by atoms with Crippen LogP contribution in [-0.2, 0) is 17.7 Å². The van der Waals surface area contributed by atoms with E-state index in [1.54, 1.807) is 0 Å². The molecule has 0 aliphatic carbocycles. The minimum Gasteiger partial charge on any atom is -0.374 e. The van der Waals surface area contributed by atoms with Gasteiger partial charge >= 0.3 is 0 Å². The van der Waals surface area contributed by atoms with Crippen LogP contribution in [0.25, 0.3) is 10.9 Å². The fourth-order valence-electron chi connectivity index (χ4n) is 3.24. The van der Waals surface area contributed by atoms with Crippen LogP contribution in [0.15, 0.2) is 29.3 Å². The monoisotopic (exact) mass is 341 g/mol. The van der Waals surface area contributed by atoms with E-state index in [9.17, 15) is 0 Å². The molecule has 0 fully saturated rings. The van der Waals surface area contributed by atoms with Gasteiger partial charge in [0.25, 0.3) is 0 Å². The summed E-state index contributed by atoms with van der Waals surface area (Å²) in [6, 6.07) is 8.78. The first-order valence-corrected chi connectivity index (χ1v) is 9.33. The molecule has 0 radical (unpaired) electrons. The van der Waals surface area contributed by atoms with Crippen LogP contribution in [0.1, 0.15) is 45.9 Å². The summed E-state index contributed by atoms with van der Waals surface area (Å²) >= 11 is 0. The third-order valence-electron chi connectivity index (χ3n) is 4.79. The zero-order valence-corrected chi connectivity index (χ0v) is 16.2. The lowest BCUT2D eigenvalue weighted by Crippen LogP contribution is -2.32. The van der Waals surface area contributed by atoms with Crippen molar-refractivity contribution < 1.29 is 4.74 Å². The highest BCUT2D eigenvalue weighted by molar-refractivity contribution is 5.85.